The molecule has 1 unspecified atom stereocenters. The predicted octanol–water partition coefficient (Wildman–Crippen LogP) is 4.73. The Bertz CT molecular complexity index is 1610. The Labute approximate surface area is 208 Å². The third kappa shape index (κ3) is 3.45. The Kier molecular flexibility index (Phi) is 5.10. The molecular weight excluding hydrogens is 450 g/mol. The van der Waals surface area contributed by atoms with Crippen LogP contribution < -0.4 is 5.32 Å². The third-order valence-corrected chi connectivity index (χ3v) is 6.92. The van der Waals surface area contributed by atoms with Gasteiger partial charge in [0, 0.05) is 30.2 Å². The maximum absolute atomic E-state index is 13.1. The molecule has 8 heteroatoms. The number of hydrogen-bond acceptors (Lipinski definition) is 6. The number of anilines is 1. The van der Waals surface area contributed by atoms with Gasteiger partial charge in [-0.1, -0.05) is 36.4 Å². The van der Waals surface area contributed by atoms with Crippen LogP contribution in [0.5, 0.6) is 0 Å². The van der Waals surface area contributed by atoms with E-state index in [-0.39, 0.29) is 5.91 Å². The fourth-order valence-corrected chi connectivity index (χ4v) is 5.00. The fourth-order valence-electron chi connectivity index (χ4n) is 5.00. The van der Waals surface area contributed by atoms with E-state index in [0.29, 0.717) is 24.3 Å². The predicted molar refractivity (Wildman–Crippen MR) is 138 cm³/mol. The lowest BCUT2D eigenvalue weighted by Gasteiger charge is -2.23. The summed E-state index contributed by atoms with van der Waals surface area (Å²) >= 11 is 0. The largest absolute Gasteiger partial charge is 0.325 e. The molecule has 0 fully saturated rings. The van der Waals surface area contributed by atoms with E-state index >= 15 is 0 Å². The lowest BCUT2D eigenvalue weighted by Crippen LogP contribution is -2.33. The Morgan fingerprint density at radius 2 is 1.75 bits per heavy atom. The summed E-state index contributed by atoms with van der Waals surface area (Å²) in [5.41, 5.74) is 6.13. The molecule has 0 saturated carbocycles. The summed E-state index contributed by atoms with van der Waals surface area (Å²) in [6.45, 7) is 6.61. The molecule has 1 aliphatic heterocycles. The zero-order chi connectivity index (χ0) is 24.9. The second-order valence-corrected chi connectivity index (χ2v) is 9.30. The van der Waals surface area contributed by atoms with Gasteiger partial charge in [-0.15, -0.1) is 0 Å². The molecule has 6 rings (SSSR count). The molecule has 3 aromatic heterocycles. The maximum atomic E-state index is 13.1. The highest BCUT2D eigenvalue weighted by atomic mass is 16.2. The first-order chi connectivity index (χ1) is 17.5. The van der Waals surface area contributed by atoms with Crippen LogP contribution in [0.15, 0.2) is 67.3 Å². The number of amides is 1. The van der Waals surface area contributed by atoms with Gasteiger partial charge in [0.2, 0.25) is 5.91 Å². The van der Waals surface area contributed by atoms with Crippen LogP contribution in [-0.4, -0.2) is 35.4 Å². The van der Waals surface area contributed by atoms with Crippen molar-refractivity contribution in [3.63, 3.8) is 0 Å². The van der Waals surface area contributed by atoms with Gasteiger partial charge < -0.3 is 9.88 Å². The number of carbonyl (C=O) groups is 1. The molecule has 2 aromatic carbocycles. The van der Waals surface area contributed by atoms with E-state index in [1.54, 1.807) is 18.7 Å². The first kappa shape index (κ1) is 22.0. The molecule has 0 aliphatic carbocycles. The second kappa shape index (κ2) is 8.34. The zero-order valence-electron chi connectivity index (χ0n) is 20.4. The van der Waals surface area contributed by atoms with E-state index in [0.717, 1.165) is 45.1 Å². The maximum Gasteiger partial charge on any atom is 0.235 e. The summed E-state index contributed by atoms with van der Waals surface area (Å²) in [5, 5.41) is 3.07. The molecule has 1 amide bonds. The van der Waals surface area contributed by atoms with Crippen molar-refractivity contribution in [2.24, 2.45) is 0 Å². The normalized spacial score (nSPS) is 16.8. The van der Waals surface area contributed by atoms with Gasteiger partial charge in [-0.05, 0) is 50.5 Å². The van der Waals surface area contributed by atoms with Gasteiger partial charge in [0.05, 0.1) is 11.0 Å². The standard InChI is InChI=1S/C28H25N7O/c1-4-35-25(20-14-29-17(2)30-15-20)34-24-23(31-16-32-26(24)35)19-10-11-22-21(12-19)28(3,27(36)33-22)13-18-8-6-5-7-9-18/h5-12,14-16H,4,13H2,1-3H3,(H,33,36). The van der Waals surface area contributed by atoms with Crippen molar-refractivity contribution in [3.05, 3.63) is 84.2 Å². The molecule has 1 N–H and O–H groups in total. The molecule has 0 spiro atoms. The van der Waals surface area contributed by atoms with Crippen molar-refractivity contribution in [2.45, 2.75) is 39.2 Å². The number of nitrogens with zero attached hydrogens (tertiary/aromatic N) is 6. The number of hydrogen-bond donors (Lipinski definition) is 1. The van der Waals surface area contributed by atoms with Crippen LogP contribution in [0.1, 0.15) is 30.8 Å². The Hall–Kier alpha value is -4.46. The van der Waals surface area contributed by atoms with Crippen LogP contribution in [0.2, 0.25) is 0 Å². The highest BCUT2D eigenvalue weighted by Gasteiger charge is 2.43. The minimum absolute atomic E-state index is 0.00301. The van der Waals surface area contributed by atoms with Crippen LogP contribution in [0.4, 0.5) is 5.69 Å². The summed E-state index contributed by atoms with van der Waals surface area (Å²) in [5.74, 6) is 1.46. The van der Waals surface area contributed by atoms with Gasteiger partial charge in [-0.2, -0.15) is 0 Å². The van der Waals surface area contributed by atoms with Crippen molar-refractivity contribution in [1.29, 1.82) is 0 Å². The molecule has 4 heterocycles. The van der Waals surface area contributed by atoms with Crippen molar-refractivity contribution in [1.82, 2.24) is 29.5 Å². The number of aryl methyl sites for hydroxylation is 2. The van der Waals surface area contributed by atoms with Gasteiger partial charge in [0.15, 0.2) is 5.65 Å². The summed E-state index contributed by atoms with van der Waals surface area (Å²) in [4.78, 5) is 35.9. The number of carbonyl (C=O) groups excluding carboxylic acids is 1. The van der Waals surface area contributed by atoms with Gasteiger partial charge in [-0.3, -0.25) is 4.79 Å². The molecule has 0 radical (unpaired) electrons. The quantitative estimate of drug-likeness (QED) is 0.395. The smallest absolute Gasteiger partial charge is 0.235 e. The molecule has 36 heavy (non-hydrogen) atoms. The van der Waals surface area contributed by atoms with Crippen molar-refractivity contribution in [2.75, 3.05) is 5.32 Å². The monoisotopic (exact) mass is 475 g/mol. The Balaban J connectivity index is 1.48. The highest BCUT2D eigenvalue weighted by Crippen LogP contribution is 2.42. The summed E-state index contributed by atoms with van der Waals surface area (Å²) in [6.07, 6.45) is 5.74. The van der Waals surface area contributed by atoms with Crippen LogP contribution in [0.25, 0.3) is 33.8 Å². The van der Waals surface area contributed by atoms with Gasteiger partial charge in [0.25, 0.3) is 0 Å². The average molecular weight is 476 g/mol. The van der Waals surface area contributed by atoms with E-state index < -0.39 is 5.41 Å². The number of nitrogens with one attached hydrogen (secondary N) is 1. The minimum Gasteiger partial charge on any atom is -0.325 e. The number of imidazole rings is 1. The molecular formula is C28H25N7O. The first-order valence-corrected chi connectivity index (χ1v) is 12.0. The lowest BCUT2D eigenvalue weighted by atomic mass is 9.78. The van der Waals surface area contributed by atoms with E-state index in [4.69, 9.17) is 4.98 Å². The number of benzene rings is 2. The van der Waals surface area contributed by atoms with E-state index in [9.17, 15) is 4.79 Å². The Morgan fingerprint density at radius 3 is 2.50 bits per heavy atom. The van der Waals surface area contributed by atoms with E-state index in [2.05, 4.69) is 50.4 Å². The number of rotatable bonds is 5. The van der Waals surface area contributed by atoms with Crippen LogP contribution in [0.3, 0.4) is 0 Å². The van der Waals surface area contributed by atoms with Gasteiger partial charge >= 0.3 is 0 Å². The van der Waals surface area contributed by atoms with Crippen LogP contribution in [0, 0.1) is 6.92 Å². The SMILES string of the molecule is CCn1c(-c2cnc(C)nc2)nc2c(-c3ccc4c(c3)C(C)(Cc3ccccc3)C(=O)N4)ncnc21. The minimum atomic E-state index is -0.688. The lowest BCUT2D eigenvalue weighted by molar-refractivity contribution is -0.120. The molecule has 0 saturated heterocycles. The molecule has 1 atom stereocenters. The van der Waals surface area contributed by atoms with Crippen LogP contribution >= 0.6 is 0 Å². The molecule has 178 valence electrons. The second-order valence-electron chi connectivity index (χ2n) is 9.30. The number of aromatic nitrogens is 6. The van der Waals surface area contributed by atoms with Crippen LogP contribution in [-0.2, 0) is 23.2 Å². The fraction of sp³-hybridized carbons (Fsp3) is 0.214. The Morgan fingerprint density at radius 1 is 0.972 bits per heavy atom. The highest BCUT2D eigenvalue weighted by molar-refractivity contribution is 6.07. The first-order valence-electron chi connectivity index (χ1n) is 12.0. The molecule has 0 bridgehead atoms. The zero-order valence-corrected chi connectivity index (χ0v) is 20.4. The topological polar surface area (TPSA) is 98.5 Å². The summed E-state index contributed by atoms with van der Waals surface area (Å²) in [6, 6.07) is 16.1. The van der Waals surface area contributed by atoms with E-state index in [1.165, 1.54) is 0 Å². The molecule has 1 aliphatic rings. The third-order valence-electron chi connectivity index (χ3n) is 6.92. The van der Waals surface area contributed by atoms with Crippen molar-refractivity contribution >= 4 is 22.8 Å². The van der Waals surface area contributed by atoms with E-state index in [1.807, 2.05) is 48.7 Å². The summed E-state index contributed by atoms with van der Waals surface area (Å²) in [7, 11) is 0. The van der Waals surface area contributed by atoms with Crippen molar-refractivity contribution in [3.8, 4) is 22.6 Å². The molecule has 5 aromatic rings. The summed E-state index contributed by atoms with van der Waals surface area (Å²) < 4.78 is 2.05. The van der Waals surface area contributed by atoms with Gasteiger partial charge in [0.1, 0.15) is 29.2 Å². The average Bonchev–Trinajstić information content (AvgIpc) is 3.39. The van der Waals surface area contributed by atoms with Gasteiger partial charge in [-0.25, -0.2) is 24.9 Å². The van der Waals surface area contributed by atoms with Crippen molar-refractivity contribution < 1.29 is 4.79 Å². The number of fused-ring (bicyclic) bond motifs is 2. The molecule has 8 nitrogen and oxygen atoms in total.